The molecule has 3 rings (SSSR count). The van der Waals surface area contributed by atoms with E-state index in [1.54, 1.807) is 30.3 Å². The Balaban J connectivity index is 1.49. The third kappa shape index (κ3) is 4.85. The molecule has 1 atom stereocenters. The van der Waals surface area contributed by atoms with Crippen molar-refractivity contribution in [2.75, 3.05) is 17.2 Å². The number of amides is 3. The monoisotopic (exact) mass is 431 g/mol. The Hall–Kier alpha value is -2.87. The van der Waals surface area contributed by atoms with E-state index in [4.69, 9.17) is 4.74 Å². The molecule has 0 aromatic heterocycles. The number of halogens is 1. The SMILES string of the molecule is Cc1cc(Br)ccc1NC(=O)CNC(=O)C[C@@H]1Oc2ccccc2NC1=O. The Morgan fingerprint density at radius 3 is 2.74 bits per heavy atom. The summed E-state index contributed by atoms with van der Waals surface area (Å²) in [6.07, 6.45) is -1.11. The van der Waals surface area contributed by atoms with Gasteiger partial charge in [0.2, 0.25) is 11.8 Å². The summed E-state index contributed by atoms with van der Waals surface area (Å²) in [4.78, 5) is 36.1. The summed E-state index contributed by atoms with van der Waals surface area (Å²) in [7, 11) is 0. The summed E-state index contributed by atoms with van der Waals surface area (Å²) in [5, 5.41) is 7.93. The van der Waals surface area contributed by atoms with Crippen LogP contribution in [0.2, 0.25) is 0 Å². The molecule has 1 aliphatic heterocycles. The van der Waals surface area contributed by atoms with Crippen molar-refractivity contribution < 1.29 is 19.1 Å². The molecule has 0 fully saturated rings. The average molecular weight is 432 g/mol. The van der Waals surface area contributed by atoms with E-state index in [0.717, 1.165) is 10.0 Å². The third-order valence-corrected chi connectivity index (χ3v) is 4.48. The molecule has 1 heterocycles. The van der Waals surface area contributed by atoms with Crippen LogP contribution in [0.5, 0.6) is 5.75 Å². The maximum atomic E-state index is 12.1. The van der Waals surface area contributed by atoms with Gasteiger partial charge in [-0.3, -0.25) is 14.4 Å². The maximum absolute atomic E-state index is 12.1. The van der Waals surface area contributed by atoms with E-state index in [0.29, 0.717) is 17.1 Å². The summed E-state index contributed by atoms with van der Waals surface area (Å²) < 4.78 is 6.48. The Bertz CT molecular complexity index is 900. The highest BCUT2D eigenvalue weighted by atomic mass is 79.9. The van der Waals surface area contributed by atoms with Gasteiger partial charge in [-0.05, 0) is 42.8 Å². The zero-order valence-corrected chi connectivity index (χ0v) is 16.1. The molecular weight excluding hydrogens is 414 g/mol. The Labute approximate surface area is 164 Å². The molecule has 0 saturated carbocycles. The van der Waals surface area contributed by atoms with Crippen LogP contribution in [0.4, 0.5) is 11.4 Å². The minimum Gasteiger partial charge on any atom is -0.478 e. The van der Waals surface area contributed by atoms with Gasteiger partial charge in [-0.2, -0.15) is 0 Å². The van der Waals surface area contributed by atoms with Crippen LogP contribution in [0, 0.1) is 6.92 Å². The number of aryl methyl sites for hydroxylation is 1. The molecule has 140 valence electrons. The van der Waals surface area contributed by atoms with Crippen molar-refractivity contribution in [3.8, 4) is 5.75 Å². The highest BCUT2D eigenvalue weighted by Gasteiger charge is 2.29. The number of hydrogen-bond acceptors (Lipinski definition) is 4. The molecule has 0 unspecified atom stereocenters. The second kappa shape index (κ2) is 8.22. The van der Waals surface area contributed by atoms with Crippen LogP contribution in [0.3, 0.4) is 0 Å². The van der Waals surface area contributed by atoms with Gasteiger partial charge in [0.15, 0.2) is 6.10 Å². The summed E-state index contributed by atoms with van der Waals surface area (Å²) in [5.41, 5.74) is 2.14. The Morgan fingerprint density at radius 2 is 1.96 bits per heavy atom. The van der Waals surface area contributed by atoms with Crippen LogP contribution in [-0.4, -0.2) is 30.4 Å². The molecule has 0 radical (unpaired) electrons. The van der Waals surface area contributed by atoms with Crippen molar-refractivity contribution in [2.45, 2.75) is 19.4 Å². The van der Waals surface area contributed by atoms with E-state index in [1.165, 1.54) is 0 Å². The van der Waals surface area contributed by atoms with E-state index in [2.05, 4.69) is 31.9 Å². The molecule has 3 amide bonds. The summed E-state index contributed by atoms with van der Waals surface area (Å²) >= 11 is 3.36. The lowest BCUT2D eigenvalue weighted by Crippen LogP contribution is -2.42. The van der Waals surface area contributed by atoms with E-state index in [1.807, 2.05) is 19.1 Å². The Kier molecular flexibility index (Phi) is 5.75. The Morgan fingerprint density at radius 1 is 1.19 bits per heavy atom. The van der Waals surface area contributed by atoms with Gasteiger partial charge in [0.05, 0.1) is 18.7 Å². The molecular formula is C19H18BrN3O4. The molecule has 27 heavy (non-hydrogen) atoms. The van der Waals surface area contributed by atoms with Gasteiger partial charge in [-0.25, -0.2) is 0 Å². The van der Waals surface area contributed by atoms with Crippen molar-refractivity contribution in [3.63, 3.8) is 0 Å². The molecule has 0 saturated heterocycles. The molecule has 0 aliphatic carbocycles. The van der Waals surface area contributed by atoms with Gasteiger partial charge < -0.3 is 20.7 Å². The van der Waals surface area contributed by atoms with Crippen molar-refractivity contribution in [3.05, 3.63) is 52.5 Å². The number of ether oxygens (including phenoxy) is 1. The summed E-state index contributed by atoms with van der Waals surface area (Å²) in [6, 6.07) is 12.5. The molecule has 1 aliphatic rings. The first-order valence-electron chi connectivity index (χ1n) is 8.31. The maximum Gasteiger partial charge on any atom is 0.266 e. The predicted molar refractivity (Wildman–Crippen MR) is 105 cm³/mol. The van der Waals surface area contributed by atoms with E-state index in [-0.39, 0.29) is 18.9 Å². The zero-order valence-electron chi connectivity index (χ0n) is 14.5. The molecule has 7 nitrogen and oxygen atoms in total. The molecule has 3 N–H and O–H groups in total. The predicted octanol–water partition coefficient (Wildman–Crippen LogP) is 2.60. The first-order chi connectivity index (χ1) is 12.9. The van der Waals surface area contributed by atoms with E-state index < -0.39 is 17.9 Å². The number of carbonyl (C=O) groups is 3. The number of anilines is 2. The number of carbonyl (C=O) groups excluding carboxylic acids is 3. The van der Waals surface area contributed by atoms with Crippen molar-refractivity contribution in [2.24, 2.45) is 0 Å². The number of benzene rings is 2. The lowest BCUT2D eigenvalue weighted by molar-refractivity contribution is -0.131. The minimum atomic E-state index is -0.934. The largest absolute Gasteiger partial charge is 0.478 e. The van der Waals surface area contributed by atoms with Gasteiger partial charge in [0, 0.05) is 10.2 Å². The second-order valence-electron chi connectivity index (χ2n) is 6.08. The van der Waals surface area contributed by atoms with Crippen LogP contribution in [0.1, 0.15) is 12.0 Å². The number of hydrogen-bond donors (Lipinski definition) is 3. The molecule has 0 spiro atoms. The average Bonchev–Trinajstić information content (AvgIpc) is 2.63. The fraction of sp³-hybridized carbons (Fsp3) is 0.211. The minimum absolute atomic E-state index is 0.176. The molecule has 2 aromatic rings. The van der Waals surface area contributed by atoms with Crippen molar-refractivity contribution in [1.82, 2.24) is 5.32 Å². The van der Waals surface area contributed by atoms with Gasteiger partial charge in [0.25, 0.3) is 5.91 Å². The van der Waals surface area contributed by atoms with Gasteiger partial charge in [-0.15, -0.1) is 0 Å². The first-order valence-corrected chi connectivity index (χ1v) is 9.11. The standard InChI is InChI=1S/C19H18BrN3O4/c1-11-8-12(20)6-7-13(11)22-18(25)10-21-17(24)9-16-19(26)23-14-4-2-3-5-15(14)27-16/h2-8,16H,9-10H2,1H3,(H,21,24)(H,22,25)(H,23,26)/t16-/m0/s1. The van der Waals surface area contributed by atoms with Gasteiger partial charge in [0.1, 0.15) is 5.75 Å². The van der Waals surface area contributed by atoms with E-state index >= 15 is 0 Å². The number of rotatable bonds is 5. The smallest absolute Gasteiger partial charge is 0.266 e. The summed E-state index contributed by atoms with van der Waals surface area (Å²) in [5.74, 6) is -0.678. The fourth-order valence-electron chi connectivity index (χ4n) is 2.61. The lowest BCUT2D eigenvalue weighted by atomic mass is 10.1. The molecule has 0 bridgehead atoms. The second-order valence-corrected chi connectivity index (χ2v) is 7.00. The van der Waals surface area contributed by atoms with Crippen LogP contribution >= 0.6 is 15.9 Å². The third-order valence-electron chi connectivity index (χ3n) is 3.99. The quantitative estimate of drug-likeness (QED) is 0.677. The van der Waals surface area contributed by atoms with Gasteiger partial charge >= 0.3 is 0 Å². The van der Waals surface area contributed by atoms with E-state index in [9.17, 15) is 14.4 Å². The van der Waals surface area contributed by atoms with Crippen LogP contribution < -0.4 is 20.7 Å². The van der Waals surface area contributed by atoms with Crippen LogP contribution in [0.15, 0.2) is 46.9 Å². The van der Waals surface area contributed by atoms with Crippen molar-refractivity contribution >= 4 is 45.0 Å². The fourth-order valence-corrected chi connectivity index (χ4v) is 3.08. The van der Waals surface area contributed by atoms with Gasteiger partial charge in [-0.1, -0.05) is 28.1 Å². The van der Waals surface area contributed by atoms with Crippen molar-refractivity contribution in [1.29, 1.82) is 0 Å². The lowest BCUT2D eigenvalue weighted by Gasteiger charge is -2.25. The molecule has 8 heteroatoms. The number of nitrogens with one attached hydrogen (secondary N) is 3. The highest BCUT2D eigenvalue weighted by molar-refractivity contribution is 9.10. The molecule has 2 aromatic carbocycles. The zero-order chi connectivity index (χ0) is 19.4. The van der Waals surface area contributed by atoms with Crippen LogP contribution in [0.25, 0.3) is 0 Å². The number of para-hydroxylation sites is 2. The van der Waals surface area contributed by atoms with Crippen LogP contribution in [-0.2, 0) is 14.4 Å². The first kappa shape index (κ1) is 18.9. The highest BCUT2D eigenvalue weighted by Crippen LogP contribution is 2.29. The normalized spacial score (nSPS) is 15.2. The number of fused-ring (bicyclic) bond motifs is 1. The summed E-state index contributed by atoms with van der Waals surface area (Å²) in [6.45, 7) is 1.68. The topological polar surface area (TPSA) is 96.5 Å².